The summed E-state index contributed by atoms with van der Waals surface area (Å²) in [6, 6.07) is -0.864. The van der Waals surface area contributed by atoms with Gasteiger partial charge in [0.05, 0.1) is 41.5 Å². The van der Waals surface area contributed by atoms with Gasteiger partial charge in [0.25, 0.3) is 0 Å². The van der Waals surface area contributed by atoms with Crippen LogP contribution in [-0.4, -0.2) is 160 Å². The summed E-state index contributed by atoms with van der Waals surface area (Å²) in [5.74, 6) is -0.316. The average molecular weight is 771 g/mol. The molecule has 3 fully saturated rings. The number of terminal acetylenes is 1. The quantitative estimate of drug-likeness (QED) is 0.181. The average Bonchev–Trinajstić information content (AvgIpc) is 3.09. The Morgan fingerprint density at radius 2 is 1.65 bits per heavy atom. The van der Waals surface area contributed by atoms with Crippen LogP contribution < -0.4 is 0 Å². The molecule has 1 unspecified atom stereocenters. The van der Waals surface area contributed by atoms with Gasteiger partial charge in [0, 0.05) is 51.0 Å². The number of likely N-dealkylation sites (N-methyl/N-ethyl adjacent to an activating group) is 2. The summed E-state index contributed by atoms with van der Waals surface area (Å²) in [6.45, 7) is 19.0. The zero-order valence-electron chi connectivity index (χ0n) is 35.3. The third-order valence-corrected chi connectivity index (χ3v) is 13.1. The van der Waals surface area contributed by atoms with E-state index in [1.165, 1.54) is 14.0 Å². The monoisotopic (exact) mass is 771 g/mol. The number of carbonyl (C=O) groups excluding carboxylic acids is 1. The number of aliphatic hydroxyl groups excluding tert-OH is 3. The first kappa shape index (κ1) is 47.0. The Bertz CT molecular complexity index is 1250. The molecule has 18 atom stereocenters. The van der Waals surface area contributed by atoms with E-state index in [0.29, 0.717) is 25.9 Å². The molecule has 3 aliphatic heterocycles. The molecule has 13 heteroatoms. The van der Waals surface area contributed by atoms with Crippen LogP contribution in [0.15, 0.2) is 0 Å². The molecule has 3 aliphatic rings. The van der Waals surface area contributed by atoms with E-state index in [1.54, 1.807) is 27.7 Å². The van der Waals surface area contributed by atoms with Gasteiger partial charge in [-0.15, -0.1) is 12.3 Å². The molecular weight excluding hydrogens is 696 g/mol. The number of hydrogen-bond acceptors (Lipinski definition) is 13. The number of cyclic esters (lactones) is 1. The van der Waals surface area contributed by atoms with Crippen LogP contribution in [0.5, 0.6) is 0 Å². The highest BCUT2D eigenvalue weighted by Gasteiger charge is 2.55. The molecule has 5 N–H and O–H groups in total. The second kappa shape index (κ2) is 18.9. The summed E-state index contributed by atoms with van der Waals surface area (Å²) in [5, 5.41) is 59.0. The van der Waals surface area contributed by atoms with E-state index in [0.717, 1.165) is 0 Å². The van der Waals surface area contributed by atoms with Crippen LogP contribution in [0.25, 0.3) is 0 Å². The van der Waals surface area contributed by atoms with Gasteiger partial charge in [-0.25, -0.2) is 0 Å². The zero-order valence-corrected chi connectivity index (χ0v) is 35.3. The molecule has 54 heavy (non-hydrogen) atoms. The standard InChI is InChI=1S/C41H74N2O11/c1-15-17-18-42(12)29-19-24(4)51-38(33(29)44)54-36-25(5)32(30-21-40(10,50-14)35(46)28(8)52-30)26(6)37(47)53-31(16-2)41(11,49)34(45)27(7)43(13)22-23(3)20-39(36,9)48/h1,23-36,38,44-46,48-49H,16-22H2,2-14H3/t23-,24-,25+,26-,27-,28+,29+,30-,31-,32?,33-,34-,35+,36-,38+,39-,40-,41-/m1/s1. The van der Waals surface area contributed by atoms with Crippen molar-refractivity contribution in [3.05, 3.63) is 0 Å². The maximum absolute atomic E-state index is 14.4. The molecule has 0 aromatic rings. The second-order valence-electron chi connectivity index (χ2n) is 17.7. The van der Waals surface area contributed by atoms with E-state index in [-0.39, 0.29) is 37.3 Å². The van der Waals surface area contributed by atoms with E-state index < -0.39 is 95.6 Å². The Balaban J connectivity index is 2.22. The second-order valence-corrected chi connectivity index (χ2v) is 17.7. The highest BCUT2D eigenvalue weighted by molar-refractivity contribution is 5.73. The van der Waals surface area contributed by atoms with E-state index in [9.17, 15) is 30.3 Å². The minimum absolute atomic E-state index is 0.139. The fourth-order valence-electron chi connectivity index (χ4n) is 9.62. The van der Waals surface area contributed by atoms with Crippen molar-refractivity contribution in [1.29, 1.82) is 0 Å². The number of aliphatic hydroxyl groups is 5. The molecule has 3 saturated heterocycles. The van der Waals surface area contributed by atoms with E-state index in [4.69, 9.17) is 30.1 Å². The minimum Gasteiger partial charge on any atom is -0.459 e. The number of carbonyl (C=O) groups is 1. The summed E-state index contributed by atoms with van der Waals surface area (Å²) in [4.78, 5) is 18.3. The Hall–Kier alpha value is -1.41. The number of esters is 1. The van der Waals surface area contributed by atoms with Gasteiger partial charge in [-0.3, -0.25) is 9.69 Å². The van der Waals surface area contributed by atoms with Crippen LogP contribution in [0.1, 0.15) is 101 Å². The van der Waals surface area contributed by atoms with Gasteiger partial charge in [0.15, 0.2) is 6.29 Å². The zero-order chi connectivity index (χ0) is 41.1. The fraction of sp³-hybridized carbons (Fsp3) is 0.927. The smallest absolute Gasteiger partial charge is 0.309 e. The molecule has 0 bridgehead atoms. The summed E-state index contributed by atoms with van der Waals surface area (Å²) in [7, 11) is 5.29. The number of nitrogens with zero attached hydrogens (tertiary/aromatic N) is 2. The maximum atomic E-state index is 14.4. The molecular formula is C41H74N2O11. The molecule has 13 nitrogen and oxygen atoms in total. The summed E-state index contributed by atoms with van der Waals surface area (Å²) in [6.07, 6.45) is -0.805. The first-order valence-corrected chi connectivity index (χ1v) is 20.0. The third kappa shape index (κ3) is 10.4. The van der Waals surface area contributed by atoms with Crippen LogP contribution >= 0.6 is 0 Å². The van der Waals surface area contributed by atoms with Gasteiger partial charge in [-0.2, -0.15) is 0 Å². The van der Waals surface area contributed by atoms with Crippen molar-refractivity contribution >= 4 is 5.97 Å². The van der Waals surface area contributed by atoms with Crippen molar-refractivity contribution < 1.29 is 54.0 Å². The highest BCUT2D eigenvalue weighted by atomic mass is 16.7. The highest BCUT2D eigenvalue weighted by Crippen LogP contribution is 2.45. The maximum Gasteiger partial charge on any atom is 0.309 e. The molecule has 0 aromatic carbocycles. The first-order chi connectivity index (χ1) is 25.0. The van der Waals surface area contributed by atoms with Crippen molar-refractivity contribution in [1.82, 2.24) is 9.80 Å². The van der Waals surface area contributed by atoms with Gasteiger partial charge < -0.3 is 54.1 Å². The molecule has 0 amide bonds. The van der Waals surface area contributed by atoms with Gasteiger partial charge in [-0.1, -0.05) is 27.7 Å². The Labute approximate surface area is 325 Å². The van der Waals surface area contributed by atoms with Crippen LogP contribution in [0.2, 0.25) is 0 Å². The molecule has 314 valence electrons. The van der Waals surface area contributed by atoms with Crippen LogP contribution in [0.3, 0.4) is 0 Å². The predicted molar refractivity (Wildman–Crippen MR) is 205 cm³/mol. The predicted octanol–water partition coefficient (Wildman–Crippen LogP) is 2.57. The molecule has 0 spiro atoms. The van der Waals surface area contributed by atoms with E-state index >= 15 is 0 Å². The summed E-state index contributed by atoms with van der Waals surface area (Å²) in [5.41, 5.74) is -4.35. The van der Waals surface area contributed by atoms with E-state index in [1.807, 2.05) is 58.5 Å². The lowest BCUT2D eigenvalue weighted by atomic mass is 9.68. The normalized spacial score (nSPS) is 48.0. The van der Waals surface area contributed by atoms with Crippen molar-refractivity contribution in [2.24, 2.45) is 23.7 Å². The Kier molecular flexibility index (Phi) is 16.4. The lowest BCUT2D eigenvalue weighted by Crippen LogP contribution is -2.62. The third-order valence-electron chi connectivity index (χ3n) is 13.1. The number of ether oxygens (including phenoxy) is 5. The Morgan fingerprint density at radius 1 is 1.02 bits per heavy atom. The first-order valence-electron chi connectivity index (χ1n) is 20.0. The number of hydrogen-bond donors (Lipinski definition) is 5. The fourth-order valence-corrected chi connectivity index (χ4v) is 9.62. The summed E-state index contributed by atoms with van der Waals surface area (Å²) >= 11 is 0. The number of rotatable bonds is 8. The van der Waals surface area contributed by atoms with Crippen molar-refractivity contribution in [2.75, 3.05) is 34.3 Å². The largest absolute Gasteiger partial charge is 0.459 e. The van der Waals surface area contributed by atoms with Crippen molar-refractivity contribution in [3.63, 3.8) is 0 Å². The molecule has 3 heterocycles. The SMILES string of the molecule is C#CCCN(C)[C@H]1C[C@@H](C)O[C@@H](O[C@@H]2[C@@H](C)C([C@H]3C[C@@](C)(OC)[C@@H](O)[C@H](C)O3)[C@@H](C)C(=O)O[C@H](CC)[C@@](C)(O)[C@H](O)[C@@H](C)N(C)C[C@H](C)C[C@@]2(C)O)[C@@H]1O. The molecule has 3 rings (SSSR count). The Morgan fingerprint density at radius 3 is 2.22 bits per heavy atom. The van der Waals surface area contributed by atoms with Crippen LogP contribution in [0, 0.1) is 36.0 Å². The topological polar surface area (TPSA) is 171 Å². The van der Waals surface area contributed by atoms with Crippen LogP contribution in [0.4, 0.5) is 0 Å². The van der Waals surface area contributed by atoms with Gasteiger partial charge in [-0.05, 0) is 86.7 Å². The lowest BCUT2D eigenvalue weighted by Gasteiger charge is -2.51. The van der Waals surface area contributed by atoms with Gasteiger partial charge in [0.1, 0.15) is 30.0 Å². The van der Waals surface area contributed by atoms with Gasteiger partial charge in [0.2, 0.25) is 0 Å². The molecule has 0 aromatic heterocycles. The van der Waals surface area contributed by atoms with Crippen molar-refractivity contribution in [3.8, 4) is 12.3 Å². The number of methoxy groups -OCH3 is 1. The van der Waals surface area contributed by atoms with Crippen LogP contribution in [-0.2, 0) is 28.5 Å². The lowest BCUT2D eigenvalue weighted by molar-refractivity contribution is -0.302. The molecule has 0 radical (unpaired) electrons. The molecule has 0 aliphatic carbocycles. The molecule has 0 saturated carbocycles. The van der Waals surface area contributed by atoms with E-state index in [2.05, 4.69) is 5.92 Å². The van der Waals surface area contributed by atoms with Crippen molar-refractivity contribution in [2.45, 2.75) is 185 Å². The minimum atomic E-state index is -1.79. The summed E-state index contributed by atoms with van der Waals surface area (Å²) < 4.78 is 31.7. The van der Waals surface area contributed by atoms with Gasteiger partial charge >= 0.3 is 5.97 Å².